The summed E-state index contributed by atoms with van der Waals surface area (Å²) in [5, 5.41) is 7.51. The van der Waals surface area contributed by atoms with Crippen LogP contribution in [0.25, 0.3) is 0 Å². The van der Waals surface area contributed by atoms with Crippen LogP contribution in [0.4, 0.5) is 0 Å². The minimum Gasteiger partial charge on any atom is -0.348 e. The molecule has 1 fully saturated rings. The molecule has 2 aromatic carbocycles. The lowest BCUT2D eigenvalue weighted by atomic mass is 9.99. The summed E-state index contributed by atoms with van der Waals surface area (Å²) in [6.07, 6.45) is 2.19. The van der Waals surface area contributed by atoms with Crippen molar-refractivity contribution >= 4 is 17.2 Å². The number of hydrogen-bond acceptors (Lipinski definition) is 2. The molecule has 3 N–H and O–H groups in total. The first-order chi connectivity index (χ1) is 13.2. The average Bonchev–Trinajstić information content (AvgIpc) is 3.33. The van der Waals surface area contributed by atoms with E-state index < -0.39 is 0 Å². The third-order valence-corrected chi connectivity index (χ3v) is 5.99. The molecule has 0 spiro atoms. The van der Waals surface area contributed by atoms with Gasteiger partial charge in [0.2, 0.25) is 0 Å². The molecule has 138 valence electrons. The highest BCUT2D eigenvalue weighted by molar-refractivity contribution is 7.10. The molecule has 0 bridgehead atoms. The number of rotatable bonds is 7. The highest BCUT2D eigenvalue weighted by Gasteiger charge is 2.33. The Morgan fingerprint density at radius 3 is 2.37 bits per heavy atom. The Kier molecular flexibility index (Phi) is 5.37. The Hall–Kier alpha value is -2.43. The molecule has 4 rings (SSSR count). The largest absolute Gasteiger partial charge is 0.348 e. The lowest BCUT2D eigenvalue weighted by Crippen LogP contribution is -2.88. The van der Waals surface area contributed by atoms with Crippen molar-refractivity contribution in [3.8, 4) is 0 Å². The lowest BCUT2D eigenvalue weighted by molar-refractivity contribution is -0.713. The van der Waals surface area contributed by atoms with Gasteiger partial charge in [-0.1, -0.05) is 66.2 Å². The molecule has 1 aromatic heterocycles. The molecule has 1 saturated carbocycles. The third kappa shape index (κ3) is 4.46. The van der Waals surface area contributed by atoms with Crippen molar-refractivity contribution in [2.45, 2.75) is 37.9 Å². The number of quaternary nitrogens is 1. The normalized spacial score (nSPS) is 15.9. The summed E-state index contributed by atoms with van der Waals surface area (Å²) in [5.41, 5.74) is 3.52. The zero-order valence-electron chi connectivity index (χ0n) is 15.5. The van der Waals surface area contributed by atoms with Gasteiger partial charge in [-0.25, -0.2) is 0 Å². The monoisotopic (exact) mass is 377 g/mol. The van der Waals surface area contributed by atoms with Gasteiger partial charge in [0.15, 0.2) is 6.04 Å². The SMILES string of the molecule is Cc1ccc([C@@H]([NH2+][C@H](C(=O)NC2CC2)c2ccccc2)c2cccs2)cc1. The summed E-state index contributed by atoms with van der Waals surface area (Å²) in [6.45, 7) is 2.10. The molecule has 4 heteroatoms. The van der Waals surface area contributed by atoms with Crippen LogP contribution in [0.3, 0.4) is 0 Å². The Morgan fingerprint density at radius 1 is 1.00 bits per heavy atom. The quantitative estimate of drug-likeness (QED) is 0.647. The van der Waals surface area contributed by atoms with Gasteiger partial charge in [-0.2, -0.15) is 0 Å². The van der Waals surface area contributed by atoms with Gasteiger partial charge in [0.1, 0.15) is 6.04 Å². The van der Waals surface area contributed by atoms with Crippen molar-refractivity contribution in [1.82, 2.24) is 5.32 Å². The van der Waals surface area contributed by atoms with Gasteiger partial charge in [-0.3, -0.25) is 4.79 Å². The minimum absolute atomic E-state index is 0.0979. The second-order valence-corrected chi connectivity index (χ2v) is 8.25. The van der Waals surface area contributed by atoms with Crippen LogP contribution in [0.1, 0.15) is 46.5 Å². The summed E-state index contributed by atoms with van der Waals surface area (Å²) in [6, 6.07) is 23.2. The van der Waals surface area contributed by atoms with E-state index in [2.05, 4.69) is 59.3 Å². The van der Waals surface area contributed by atoms with Crippen LogP contribution >= 0.6 is 11.3 Å². The Labute approximate surface area is 164 Å². The van der Waals surface area contributed by atoms with Gasteiger partial charge in [0.05, 0.1) is 4.88 Å². The van der Waals surface area contributed by atoms with E-state index in [0.29, 0.717) is 6.04 Å². The van der Waals surface area contributed by atoms with Gasteiger partial charge >= 0.3 is 0 Å². The van der Waals surface area contributed by atoms with Crippen molar-refractivity contribution in [2.75, 3.05) is 0 Å². The molecule has 1 aliphatic rings. The van der Waals surface area contributed by atoms with Crippen LogP contribution in [-0.4, -0.2) is 11.9 Å². The maximum absolute atomic E-state index is 13.0. The number of hydrogen-bond donors (Lipinski definition) is 2. The molecule has 0 aliphatic heterocycles. The van der Waals surface area contributed by atoms with E-state index in [4.69, 9.17) is 0 Å². The summed E-state index contributed by atoms with van der Waals surface area (Å²) in [5.74, 6) is 0.109. The molecule has 0 radical (unpaired) electrons. The second kappa shape index (κ2) is 8.07. The van der Waals surface area contributed by atoms with Crippen LogP contribution < -0.4 is 10.6 Å². The number of nitrogens with two attached hydrogens (primary N) is 1. The van der Waals surface area contributed by atoms with Crippen molar-refractivity contribution < 1.29 is 10.1 Å². The number of aryl methyl sites for hydroxylation is 1. The fourth-order valence-electron chi connectivity index (χ4n) is 3.33. The molecule has 2 atom stereocenters. The van der Waals surface area contributed by atoms with E-state index in [9.17, 15) is 4.79 Å². The minimum atomic E-state index is -0.264. The molecule has 1 heterocycles. The van der Waals surface area contributed by atoms with Crippen molar-refractivity contribution in [3.63, 3.8) is 0 Å². The zero-order chi connectivity index (χ0) is 18.6. The molecule has 1 aliphatic carbocycles. The topological polar surface area (TPSA) is 45.7 Å². The van der Waals surface area contributed by atoms with Gasteiger partial charge in [-0.15, -0.1) is 11.3 Å². The highest BCUT2D eigenvalue weighted by Crippen LogP contribution is 2.25. The van der Waals surface area contributed by atoms with E-state index in [-0.39, 0.29) is 18.0 Å². The fourth-order valence-corrected chi connectivity index (χ4v) is 4.17. The predicted octanol–water partition coefficient (Wildman–Crippen LogP) is 3.73. The third-order valence-electron chi connectivity index (χ3n) is 5.04. The van der Waals surface area contributed by atoms with Crippen LogP contribution in [0.15, 0.2) is 72.1 Å². The number of benzene rings is 2. The number of carbonyl (C=O) groups excluding carboxylic acids is 1. The van der Waals surface area contributed by atoms with Gasteiger partial charge in [0.25, 0.3) is 5.91 Å². The molecule has 3 aromatic rings. The van der Waals surface area contributed by atoms with Crippen molar-refractivity contribution in [2.24, 2.45) is 0 Å². The first-order valence-corrected chi connectivity index (χ1v) is 10.4. The van der Waals surface area contributed by atoms with Gasteiger partial charge < -0.3 is 10.6 Å². The number of thiophene rings is 1. The smallest absolute Gasteiger partial charge is 0.283 e. The van der Waals surface area contributed by atoms with Crippen molar-refractivity contribution in [3.05, 3.63) is 93.7 Å². The van der Waals surface area contributed by atoms with Crippen molar-refractivity contribution in [1.29, 1.82) is 0 Å². The molecule has 0 saturated heterocycles. The average molecular weight is 378 g/mol. The highest BCUT2D eigenvalue weighted by atomic mass is 32.1. The Balaban J connectivity index is 1.66. The van der Waals surface area contributed by atoms with E-state index in [1.54, 1.807) is 11.3 Å². The predicted molar refractivity (Wildman–Crippen MR) is 110 cm³/mol. The maximum atomic E-state index is 13.0. The van der Waals surface area contributed by atoms with Crippen LogP contribution in [0, 0.1) is 6.92 Å². The van der Waals surface area contributed by atoms with Crippen LogP contribution in [-0.2, 0) is 4.79 Å². The summed E-state index contributed by atoms with van der Waals surface area (Å²) in [4.78, 5) is 14.3. The summed E-state index contributed by atoms with van der Waals surface area (Å²) in [7, 11) is 0. The van der Waals surface area contributed by atoms with Gasteiger partial charge in [-0.05, 0) is 31.2 Å². The summed E-state index contributed by atoms with van der Waals surface area (Å²) < 4.78 is 0. The number of carbonyl (C=O) groups is 1. The standard InChI is InChI=1S/C23H24N2OS/c1-16-9-11-18(12-10-16)21(20-8-5-15-27-20)25-22(17-6-3-2-4-7-17)23(26)24-19-13-14-19/h2-12,15,19,21-22,25H,13-14H2,1H3,(H,24,26)/p+1/t21-,22+/m1/s1. The van der Waals surface area contributed by atoms with E-state index in [1.807, 2.05) is 30.3 Å². The second-order valence-electron chi connectivity index (χ2n) is 7.27. The van der Waals surface area contributed by atoms with E-state index >= 15 is 0 Å². The maximum Gasteiger partial charge on any atom is 0.283 e. The molecule has 0 unspecified atom stereocenters. The number of amides is 1. The Bertz CT molecular complexity index is 871. The van der Waals surface area contributed by atoms with E-state index in [1.165, 1.54) is 16.0 Å². The van der Waals surface area contributed by atoms with Gasteiger partial charge in [0, 0.05) is 17.2 Å². The molecular formula is C23H25N2OS+. The fraction of sp³-hybridized carbons (Fsp3) is 0.261. The van der Waals surface area contributed by atoms with Crippen LogP contribution in [0.2, 0.25) is 0 Å². The zero-order valence-corrected chi connectivity index (χ0v) is 16.3. The Morgan fingerprint density at radius 2 is 1.74 bits per heavy atom. The first-order valence-electron chi connectivity index (χ1n) is 9.51. The van der Waals surface area contributed by atoms with Crippen LogP contribution in [0.5, 0.6) is 0 Å². The number of nitrogens with one attached hydrogen (secondary N) is 1. The van der Waals surface area contributed by atoms with E-state index in [0.717, 1.165) is 18.4 Å². The molecule has 3 nitrogen and oxygen atoms in total. The summed E-state index contributed by atoms with van der Waals surface area (Å²) >= 11 is 1.74. The lowest BCUT2D eigenvalue weighted by Gasteiger charge is -2.22. The molecular weight excluding hydrogens is 352 g/mol. The molecule has 1 amide bonds. The first kappa shape index (κ1) is 18.0. The molecule has 27 heavy (non-hydrogen) atoms.